The first kappa shape index (κ1) is 10.5. The summed E-state index contributed by atoms with van der Waals surface area (Å²) in [5.41, 5.74) is 1.65. The van der Waals surface area contributed by atoms with E-state index in [-0.39, 0.29) is 5.82 Å². The van der Waals surface area contributed by atoms with E-state index in [0.717, 1.165) is 36.7 Å². The summed E-state index contributed by atoms with van der Waals surface area (Å²) in [5.74, 6) is 0.899. The molecule has 0 aliphatic carbocycles. The van der Waals surface area contributed by atoms with E-state index < -0.39 is 0 Å². The number of halogens is 1. The second-order valence-electron chi connectivity index (χ2n) is 4.27. The van der Waals surface area contributed by atoms with Gasteiger partial charge in [-0.3, -0.25) is 0 Å². The molecule has 1 aliphatic heterocycles. The van der Waals surface area contributed by atoms with Gasteiger partial charge < -0.3 is 9.73 Å². The summed E-state index contributed by atoms with van der Waals surface area (Å²) in [6.07, 6.45) is 2.70. The van der Waals surface area contributed by atoms with Crippen molar-refractivity contribution in [2.45, 2.75) is 12.3 Å². The van der Waals surface area contributed by atoms with Crippen molar-refractivity contribution in [3.63, 3.8) is 0 Å². The quantitative estimate of drug-likeness (QED) is 0.864. The molecule has 1 aromatic carbocycles. The Balaban J connectivity index is 1.86. The molecule has 0 spiro atoms. The molecule has 3 rings (SSSR count). The van der Waals surface area contributed by atoms with Gasteiger partial charge in [-0.15, -0.1) is 0 Å². The number of rotatable bonds is 2. The van der Waals surface area contributed by atoms with Crippen LogP contribution in [0.2, 0.25) is 0 Å². The van der Waals surface area contributed by atoms with Gasteiger partial charge in [0.05, 0.1) is 0 Å². The van der Waals surface area contributed by atoms with Gasteiger partial charge in [-0.25, -0.2) is 9.37 Å². The average Bonchev–Trinajstić information content (AvgIpc) is 3.00. The number of hydrogen-bond acceptors (Lipinski definition) is 3. The maximum absolute atomic E-state index is 12.8. The molecule has 0 saturated carbocycles. The van der Waals surface area contributed by atoms with E-state index in [0.29, 0.717) is 5.92 Å². The van der Waals surface area contributed by atoms with E-state index >= 15 is 0 Å². The molecule has 4 heteroatoms. The van der Waals surface area contributed by atoms with Crippen molar-refractivity contribution in [3.8, 4) is 11.3 Å². The third kappa shape index (κ3) is 2.08. The van der Waals surface area contributed by atoms with Gasteiger partial charge in [-0.1, -0.05) is 0 Å². The number of nitrogens with zero attached hydrogens (tertiary/aromatic N) is 1. The minimum absolute atomic E-state index is 0.238. The van der Waals surface area contributed by atoms with Crippen LogP contribution in [0.25, 0.3) is 11.3 Å². The van der Waals surface area contributed by atoms with Crippen molar-refractivity contribution < 1.29 is 8.81 Å². The summed E-state index contributed by atoms with van der Waals surface area (Å²) in [4.78, 5) is 4.46. The Kier molecular flexibility index (Phi) is 2.65. The Labute approximate surface area is 98.7 Å². The number of aromatic nitrogens is 1. The lowest BCUT2D eigenvalue weighted by molar-refractivity contribution is 0.457. The summed E-state index contributed by atoms with van der Waals surface area (Å²) in [6.45, 7) is 1.93. The number of benzene rings is 1. The third-order valence-corrected chi connectivity index (χ3v) is 3.07. The van der Waals surface area contributed by atoms with Crippen molar-refractivity contribution in [2.24, 2.45) is 0 Å². The zero-order valence-electron chi connectivity index (χ0n) is 9.32. The van der Waals surface area contributed by atoms with E-state index in [2.05, 4.69) is 10.3 Å². The van der Waals surface area contributed by atoms with Gasteiger partial charge >= 0.3 is 0 Å². The first-order valence-electron chi connectivity index (χ1n) is 5.75. The molecule has 0 radical (unpaired) electrons. The summed E-state index contributed by atoms with van der Waals surface area (Å²) in [5, 5.41) is 3.28. The predicted molar refractivity (Wildman–Crippen MR) is 62.1 cm³/mol. The monoisotopic (exact) mass is 232 g/mol. The molecule has 1 fully saturated rings. The van der Waals surface area contributed by atoms with Crippen LogP contribution in [-0.4, -0.2) is 18.1 Å². The highest BCUT2D eigenvalue weighted by atomic mass is 19.1. The van der Waals surface area contributed by atoms with E-state index in [1.807, 2.05) is 0 Å². The molecule has 0 bridgehead atoms. The molecule has 1 aliphatic rings. The van der Waals surface area contributed by atoms with Crippen LogP contribution in [0.3, 0.4) is 0 Å². The Morgan fingerprint density at radius 3 is 2.82 bits per heavy atom. The lowest BCUT2D eigenvalue weighted by Crippen LogP contribution is -2.08. The molecule has 1 aromatic heterocycles. The van der Waals surface area contributed by atoms with Crippen molar-refractivity contribution in [1.29, 1.82) is 0 Å². The largest absolute Gasteiger partial charge is 0.448 e. The molecule has 3 nitrogen and oxygen atoms in total. The Morgan fingerprint density at radius 1 is 1.29 bits per heavy atom. The minimum Gasteiger partial charge on any atom is -0.448 e. The topological polar surface area (TPSA) is 38.1 Å². The van der Waals surface area contributed by atoms with E-state index in [1.165, 1.54) is 12.1 Å². The molecule has 88 valence electrons. The third-order valence-electron chi connectivity index (χ3n) is 3.07. The zero-order chi connectivity index (χ0) is 11.7. The molecule has 1 atom stereocenters. The minimum atomic E-state index is -0.238. The zero-order valence-corrected chi connectivity index (χ0v) is 9.32. The summed E-state index contributed by atoms with van der Waals surface area (Å²) >= 11 is 0. The van der Waals surface area contributed by atoms with Gasteiger partial charge in [0.1, 0.15) is 17.8 Å². The van der Waals surface area contributed by atoms with Gasteiger partial charge in [0.15, 0.2) is 5.89 Å². The Hall–Kier alpha value is -1.68. The van der Waals surface area contributed by atoms with Crippen LogP contribution in [-0.2, 0) is 0 Å². The van der Waals surface area contributed by atoms with Crippen LogP contribution in [0, 0.1) is 5.82 Å². The van der Waals surface area contributed by atoms with Crippen molar-refractivity contribution in [2.75, 3.05) is 13.1 Å². The van der Waals surface area contributed by atoms with Crippen LogP contribution in [0.15, 0.2) is 34.9 Å². The molecule has 1 unspecified atom stereocenters. The van der Waals surface area contributed by atoms with Gasteiger partial charge in [-0.2, -0.15) is 0 Å². The van der Waals surface area contributed by atoms with Crippen LogP contribution < -0.4 is 5.32 Å². The first-order chi connectivity index (χ1) is 8.33. The molecule has 2 aromatic rings. The van der Waals surface area contributed by atoms with Crippen LogP contribution in [0.4, 0.5) is 4.39 Å². The van der Waals surface area contributed by atoms with Crippen molar-refractivity contribution in [1.82, 2.24) is 10.3 Å². The van der Waals surface area contributed by atoms with Crippen molar-refractivity contribution >= 4 is 0 Å². The van der Waals surface area contributed by atoms with E-state index in [1.54, 1.807) is 18.4 Å². The highest BCUT2D eigenvalue weighted by molar-refractivity contribution is 5.57. The van der Waals surface area contributed by atoms with Crippen LogP contribution in [0.5, 0.6) is 0 Å². The standard InChI is InChI=1S/C13H13FN2O/c14-11-3-1-9(2-4-11)12-8-17-13(16-12)10-5-6-15-7-10/h1-4,8,10,15H,5-7H2. The smallest absolute Gasteiger partial charge is 0.199 e. The fraction of sp³-hybridized carbons (Fsp3) is 0.308. The van der Waals surface area contributed by atoms with Gasteiger partial charge in [-0.05, 0) is 37.2 Å². The molecule has 2 heterocycles. The molecular formula is C13H13FN2O. The van der Waals surface area contributed by atoms with Crippen LogP contribution in [0.1, 0.15) is 18.2 Å². The maximum atomic E-state index is 12.8. The van der Waals surface area contributed by atoms with E-state index in [9.17, 15) is 4.39 Å². The van der Waals surface area contributed by atoms with E-state index in [4.69, 9.17) is 4.42 Å². The van der Waals surface area contributed by atoms with Gasteiger partial charge in [0.25, 0.3) is 0 Å². The highest BCUT2D eigenvalue weighted by Crippen LogP contribution is 2.25. The van der Waals surface area contributed by atoms with Gasteiger partial charge in [0.2, 0.25) is 0 Å². The average molecular weight is 232 g/mol. The second-order valence-corrected chi connectivity index (χ2v) is 4.27. The molecule has 1 saturated heterocycles. The predicted octanol–water partition coefficient (Wildman–Crippen LogP) is 2.56. The lowest BCUT2D eigenvalue weighted by Gasteiger charge is -2.00. The maximum Gasteiger partial charge on any atom is 0.199 e. The van der Waals surface area contributed by atoms with Crippen LogP contribution >= 0.6 is 0 Å². The van der Waals surface area contributed by atoms with Gasteiger partial charge in [0, 0.05) is 18.0 Å². The second kappa shape index (κ2) is 4.30. The SMILES string of the molecule is Fc1ccc(-c2coc(C3CCNC3)n2)cc1. The van der Waals surface area contributed by atoms with Crippen molar-refractivity contribution in [3.05, 3.63) is 42.2 Å². The molecular weight excluding hydrogens is 219 g/mol. The Bertz CT molecular complexity index is 500. The Morgan fingerprint density at radius 2 is 2.12 bits per heavy atom. The summed E-state index contributed by atoms with van der Waals surface area (Å²) in [6, 6.07) is 6.29. The summed E-state index contributed by atoms with van der Waals surface area (Å²) in [7, 11) is 0. The number of nitrogens with one attached hydrogen (secondary N) is 1. The molecule has 1 N–H and O–H groups in total. The number of oxazole rings is 1. The highest BCUT2D eigenvalue weighted by Gasteiger charge is 2.21. The molecule has 17 heavy (non-hydrogen) atoms. The first-order valence-corrected chi connectivity index (χ1v) is 5.75. The fourth-order valence-electron chi connectivity index (χ4n) is 2.09. The normalized spacial score (nSPS) is 19.7. The molecule has 0 amide bonds. The lowest BCUT2D eigenvalue weighted by atomic mass is 10.1. The fourth-order valence-corrected chi connectivity index (χ4v) is 2.09. The number of hydrogen-bond donors (Lipinski definition) is 1. The summed E-state index contributed by atoms with van der Waals surface area (Å²) < 4.78 is 18.3.